The van der Waals surface area contributed by atoms with Gasteiger partial charge in [-0.3, -0.25) is 4.79 Å². The number of nitrogens with zero attached hydrogens (tertiary/aromatic N) is 3. The fourth-order valence-electron chi connectivity index (χ4n) is 4.55. The summed E-state index contributed by atoms with van der Waals surface area (Å²) in [5.74, 6) is 0.158. The van der Waals surface area contributed by atoms with Gasteiger partial charge in [0, 0.05) is 25.2 Å². The first-order valence-corrected chi connectivity index (χ1v) is 12.9. The highest BCUT2D eigenvalue weighted by atomic mass is 19.1. The van der Waals surface area contributed by atoms with Crippen molar-refractivity contribution in [1.29, 1.82) is 0 Å². The predicted molar refractivity (Wildman–Crippen MR) is 142 cm³/mol. The Hall–Kier alpha value is -4.18. The normalized spacial score (nSPS) is 13.8. The summed E-state index contributed by atoms with van der Waals surface area (Å²) < 4.78 is 40.2. The number of aromatic nitrogens is 4. The number of nitrogens with one attached hydrogen (secondary N) is 2. The smallest absolute Gasteiger partial charge is 0.294 e. The molecule has 1 saturated heterocycles. The summed E-state index contributed by atoms with van der Waals surface area (Å²) in [5, 5.41) is 10.4. The van der Waals surface area contributed by atoms with Gasteiger partial charge in [0.05, 0.1) is 12.8 Å². The summed E-state index contributed by atoms with van der Waals surface area (Å²) in [5.41, 5.74) is 2.20. The molecule has 10 heteroatoms. The first kappa shape index (κ1) is 26.4. The number of hydrogen-bond donors (Lipinski definition) is 2. The molecule has 2 N–H and O–H groups in total. The van der Waals surface area contributed by atoms with Crippen LogP contribution in [0.25, 0.3) is 11.1 Å². The highest BCUT2D eigenvalue weighted by Crippen LogP contribution is 2.31. The molecule has 5 rings (SSSR count). The maximum absolute atomic E-state index is 14.9. The summed E-state index contributed by atoms with van der Waals surface area (Å²) in [4.78, 5) is 19.6. The van der Waals surface area contributed by atoms with Gasteiger partial charge in [0.2, 0.25) is 5.82 Å². The Balaban J connectivity index is 1.26. The van der Waals surface area contributed by atoms with E-state index in [9.17, 15) is 13.6 Å². The van der Waals surface area contributed by atoms with Crippen LogP contribution >= 0.6 is 0 Å². The largest absolute Gasteiger partial charge is 0.494 e. The molecule has 0 bridgehead atoms. The number of benzene rings is 2. The van der Waals surface area contributed by atoms with Gasteiger partial charge in [0.25, 0.3) is 5.91 Å². The van der Waals surface area contributed by atoms with Crippen LogP contribution in [0.4, 0.5) is 14.6 Å². The molecular weight excluding hydrogens is 504 g/mol. The van der Waals surface area contributed by atoms with Gasteiger partial charge in [0.1, 0.15) is 29.0 Å². The van der Waals surface area contributed by atoms with Gasteiger partial charge in [0.15, 0.2) is 0 Å². The Kier molecular flexibility index (Phi) is 8.21. The Morgan fingerprint density at radius 3 is 2.72 bits per heavy atom. The molecule has 2 aromatic heterocycles. The summed E-state index contributed by atoms with van der Waals surface area (Å²) in [6.45, 7) is 4.05. The fraction of sp³-hybridized carbons (Fsp3) is 0.310. The van der Waals surface area contributed by atoms with Crippen molar-refractivity contribution in [2.24, 2.45) is 5.92 Å². The Bertz CT molecular complexity index is 1450. The highest BCUT2D eigenvalue weighted by molar-refractivity contribution is 6.01. The zero-order valence-electron chi connectivity index (χ0n) is 21.5. The van der Waals surface area contributed by atoms with Gasteiger partial charge < -0.3 is 19.8 Å². The van der Waals surface area contributed by atoms with Crippen LogP contribution in [0.1, 0.15) is 46.8 Å². The predicted octanol–water partition coefficient (Wildman–Crippen LogP) is 5.49. The minimum Gasteiger partial charge on any atom is -0.494 e. The van der Waals surface area contributed by atoms with Crippen molar-refractivity contribution in [2.45, 2.75) is 32.6 Å². The van der Waals surface area contributed by atoms with E-state index in [-0.39, 0.29) is 29.4 Å². The number of ether oxygens (including phenoxy) is 2. The molecule has 4 aromatic rings. The van der Waals surface area contributed by atoms with Crippen LogP contribution in [0.5, 0.6) is 5.75 Å². The van der Waals surface area contributed by atoms with Gasteiger partial charge in [-0.25, -0.2) is 13.8 Å². The van der Waals surface area contributed by atoms with Crippen molar-refractivity contribution >= 4 is 11.7 Å². The highest BCUT2D eigenvalue weighted by Gasteiger charge is 2.17. The van der Waals surface area contributed by atoms with Crippen molar-refractivity contribution < 1.29 is 23.0 Å². The molecule has 0 spiro atoms. The Morgan fingerprint density at radius 2 is 1.90 bits per heavy atom. The number of hydrogen-bond acceptors (Lipinski definition) is 6. The van der Waals surface area contributed by atoms with Gasteiger partial charge in [-0.15, -0.1) is 10.2 Å². The molecule has 0 saturated carbocycles. The number of carbonyl (C=O) groups is 1. The maximum atomic E-state index is 14.9. The SMILES string of the molecule is Cc1ccc(OCCC2CCOCC2)cc1-c1cc(NC(=O)c2nnc(Cc3ccccc3F)[nH]2)ncc1F. The van der Waals surface area contributed by atoms with Crippen LogP contribution in [0.3, 0.4) is 0 Å². The van der Waals surface area contributed by atoms with E-state index in [0.29, 0.717) is 35.2 Å². The zero-order chi connectivity index (χ0) is 27.2. The lowest BCUT2D eigenvalue weighted by Gasteiger charge is -2.22. The lowest BCUT2D eigenvalue weighted by Crippen LogP contribution is -2.17. The molecule has 1 amide bonds. The van der Waals surface area contributed by atoms with Crippen molar-refractivity contribution in [3.63, 3.8) is 0 Å². The quantitative estimate of drug-likeness (QED) is 0.295. The summed E-state index contributed by atoms with van der Waals surface area (Å²) in [6, 6.07) is 13.3. The van der Waals surface area contributed by atoms with E-state index < -0.39 is 11.7 Å². The van der Waals surface area contributed by atoms with E-state index in [1.54, 1.807) is 24.3 Å². The summed E-state index contributed by atoms with van der Waals surface area (Å²) in [7, 11) is 0. The van der Waals surface area contributed by atoms with Crippen LogP contribution in [0.2, 0.25) is 0 Å². The van der Waals surface area contributed by atoms with E-state index in [0.717, 1.165) is 44.2 Å². The average Bonchev–Trinajstić information content (AvgIpc) is 3.41. The molecule has 1 fully saturated rings. The third-order valence-corrected chi connectivity index (χ3v) is 6.80. The number of aromatic amines is 1. The number of pyridine rings is 1. The van der Waals surface area contributed by atoms with Crippen molar-refractivity contribution in [3.05, 3.63) is 89.1 Å². The molecular formula is C29H29F2N5O3. The number of amides is 1. The number of H-pyrrole nitrogens is 1. The monoisotopic (exact) mass is 533 g/mol. The number of anilines is 1. The van der Waals surface area contributed by atoms with Crippen LogP contribution in [-0.4, -0.2) is 45.9 Å². The van der Waals surface area contributed by atoms with E-state index in [2.05, 4.69) is 25.5 Å². The first-order valence-electron chi connectivity index (χ1n) is 12.9. The van der Waals surface area contributed by atoms with Gasteiger partial charge in [-0.05, 0) is 73.1 Å². The third kappa shape index (κ3) is 6.64. The lowest BCUT2D eigenvalue weighted by atomic mass is 9.97. The number of rotatable bonds is 9. The van der Waals surface area contributed by atoms with E-state index in [1.165, 1.54) is 12.1 Å². The van der Waals surface area contributed by atoms with E-state index in [4.69, 9.17) is 9.47 Å². The van der Waals surface area contributed by atoms with Crippen LogP contribution in [0.15, 0.2) is 54.7 Å². The summed E-state index contributed by atoms with van der Waals surface area (Å²) >= 11 is 0. The van der Waals surface area contributed by atoms with Crippen molar-refractivity contribution in [1.82, 2.24) is 20.2 Å². The van der Waals surface area contributed by atoms with Crippen LogP contribution in [0, 0.1) is 24.5 Å². The molecule has 3 heterocycles. The molecule has 202 valence electrons. The molecule has 2 aromatic carbocycles. The minimum absolute atomic E-state index is 0.0647. The second kappa shape index (κ2) is 12.1. The van der Waals surface area contributed by atoms with E-state index in [1.807, 2.05) is 19.1 Å². The third-order valence-electron chi connectivity index (χ3n) is 6.80. The van der Waals surface area contributed by atoms with Gasteiger partial charge in [-0.2, -0.15) is 0 Å². The standard InChI is InChI=1S/C29H29F2N5O3/c1-18-6-7-21(39-13-10-19-8-11-38-12-9-19)15-22(18)23-16-26(32-17-25(23)31)34-29(37)28-33-27(35-36-28)14-20-4-2-3-5-24(20)30/h2-7,15-17,19H,8-14H2,1H3,(H,32,34,37)(H,33,35,36). The number of aryl methyl sites for hydroxylation is 1. The van der Waals surface area contributed by atoms with Crippen molar-refractivity contribution in [2.75, 3.05) is 25.1 Å². The number of carbonyl (C=O) groups excluding carboxylic acids is 1. The maximum Gasteiger partial charge on any atom is 0.294 e. The van der Waals surface area contributed by atoms with Gasteiger partial charge in [-0.1, -0.05) is 24.3 Å². The first-order chi connectivity index (χ1) is 19.0. The Morgan fingerprint density at radius 1 is 1.08 bits per heavy atom. The lowest BCUT2D eigenvalue weighted by molar-refractivity contribution is 0.0593. The zero-order valence-corrected chi connectivity index (χ0v) is 21.5. The molecule has 0 unspecified atom stereocenters. The number of halogens is 2. The van der Waals surface area contributed by atoms with Crippen molar-refractivity contribution in [3.8, 4) is 16.9 Å². The molecule has 0 radical (unpaired) electrons. The Labute approximate surface area is 224 Å². The fourth-order valence-corrected chi connectivity index (χ4v) is 4.55. The second-order valence-corrected chi connectivity index (χ2v) is 9.56. The van der Waals surface area contributed by atoms with Gasteiger partial charge >= 0.3 is 0 Å². The van der Waals surface area contributed by atoms with Crippen LogP contribution < -0.4 is 10.1 Å². The molecule has 0 aliphatic carbocycles. The molecule has 1 aliphatic rings. The van der Waals surface area contributed by atoms with E-state index >= 15 is 0 Å². The molecule has 8 nitrogen and oxygen atoms in total. The second-order valence-electron chi connectivity index (χ2n) is 9.56. The molecule has 1 aliphatic heterocycles. The average molecular weight is 534 g/mol. The van der Waals surface area contributed by atoms with Crippen LogP contribution in [-0.2, 0) is 11.2 Å². The topological polar surface area (TPSA) is 102 Å². The molecule has 39 heavy (non-hydrogen) atoms. The minimum atomic E-state index is -0.603. The summed E-state index contributed by atoms with van der Waals surface area (Å²) in [6.07, 6.45) is 4.24. The molecule has 0 atom stereocenters.